The van der Waals surface area contributed by atoms with Gasteiger partial charge in [0, 0.05) is 32.7 Å². The Balaban J connectivity index is 2.91. The number of aldehydes is 1. The van der Waals surface area contributed by atoms with Crippen LogP contribution in [0.2, 0.25) is 0 Å². The first kappa shape index (κ1) is 25.1. The van der Waals surface area contributed by atoms with Crippen LogP contribution in [-0.2, 0) is 23.9 Å². The Hall–Kier alpha value is -1.96. The van der Waals surface area contributed by atoms with Crippen LogP contribution in [0.1, 0.15) is 52.9 Å². The summed E-state index contributed by atoms with van der Waals surface area (Å²) in [6.45, 7) is 6.54. The van der Waals surface area contributed by atoms with Crippen molar-refractivity contribution in [3.63, 3.8) is 0 Å². The van der Waals surface area contributed by atoms with Gasteiger partial charge in [-0.3, -0.25) is 14.4 Å². The van der Waals surface area contributed by atoms with Crippen LogP contribution in [0.15, 0.2) is 0 Å². The molecule has 5 unspecified atom stereocenters. The van der Waals surface area contributed by atoms with E-state index in [4.69, 9.17) is 4.74 Å². The Labute approximate surface area is 174 Å². The van der Waals surface area contributed by atoms with E-state index in [9.17, 15) is 19.2 Å². The molecule has 1 rings (SSSR count). The van der Waals surface area contributed by atoms with Crippen molar-refractivity contribution in [1.82, 2.24) is 15.1 Å². The Morgan fingerprint density at radius 2 is 2.00 bits per heavy atom. The lowest BCUT2D eigenvalue weighted by Crippen LogP contribution is -2.52. The highest BCUT2D eigenvalue weighted by Crippen LogP contribution is 2.27. The van der Waals surface area contributed by atoms with Crippen LogP contribution in [-0.4, -0.2) is 79.7 Å². The first-order valence-electron chi connectivity index (χ1n) is 10.5. The highest BCUT2D eigenvalue weighted by atomic mass is 16.5. The summed E-state index contributed by atoms with van der Waals surface area (Å²) < 4.78 is 5.69. The minimum absolute atomic E-state index is 0.00221. The number of hydrogen-bond donors (Lipinski definition) is 1. The lowest BCUT2D eigenvalue weighted by molar-refractivity contribution is -0.142. The van der Waals surface area contributed by atoms with Crippen LogP contribution in [0.5, 0.6) is 0 Å². The van der Waals surface area contributed by atoms with Crippen LogP contribution < -0.4 is 5.32 Å². The molecule has 0 aromatic carbocycles. The predicted molar refractivity (Wildman–Crippen MR) is 110 cm³/mol. The van der Waals surface area contributed by atoms with Crippen molar-refractivity contribution in [3.05, 3.63) is 0 Å². The second-order valence-electron chi connectivity index (χ2n) is 8.09. The van der Waals surface area contributed by atoms with Gasteiger partial charge in [0.2, 0.25) is 18.2 Å². The molecule has 1 N–H and O–H groups in total. The van der Waals surface area contributed by atoms with Crippen LogP contribution in [0.3, 0.4) is 0 Å². The zero-order valence-corrected chi connectivity index (χ0v) is 18.4. The van der Waals surface area contributed by atoms with E-state index in [-0.39, 0.29) is 48.7 Å². The molecule has 0 aromatic heterocycles. The maximum Gasteiger partial charge on any atom is 0.242 e. The van der Waals surface area contributed by atoms with E-state index < -0.39 is 6.10 Å². The lowest BCUT2D eigenvalue weighted by Gasteiger charge is -2.38. The van der Waals surface area contributed by atoms with Crippen LogP contribution in [0.4, 0.5) is 0 Å². The molecule has 8 nitrogen and oxygen atoms in total. The fourth-order valence-corrected chi connectivity index (χ4v) is 4.19. The average Bonchev–Trinajstić information content (AvgIpc) is 3.18. The molecule has 0 bridgehead atoms. The molecule has 0 aliphatic carbocycles. The summed E-state index contributed by atoms with van der Waals surface area (Å²) in [6.07, 6.45) is 4.50. The highest BCUT2D eigenvalue weighted by molar-refractivity contribution is 5.81. The van der Waals surface area contributed by atoms with E-state index in [1.807, 2.05) is 25.7 Å². The number of amides is 3. The summed E-state index contributed by atoms with van der Waals surface area (Å²) in [5, 5.41) is 2.40. The Morgan fingerprint density at radius 3 is 2.55 bits per heavy atom. The van der Waals surface area contributed by atoms with Crippen molar-refractivity contribution in [2.75, 3.05) is 27.2 Å². The Bertz CT molecular complexity index is 556. The molecule has 29 heavy (non-hydrogen) atoms. The second kappa shape index (κ2) is 12.6. The summed E-state index contributed by atoms with van der Waals surface area (Å²) in [5.74, 6) is -0.190. The number of likely N-dealkylation sites (N-methyl/N-ethyl adjacent to an activating group) is 1. The smallest absolute Gasteiger partial charge is 0.242 e. The second-order valence-corrected chi connectivity index (χ2v) is 8.09. The first-order valence-corrected chi connectivity index (χ1v) is 10.5. The molecule has 8 heteroatoms. The van der Waals surface area contributed by atoms with Gasteiger partial charge in [-0.25, -0.2) is 0 Å². The van der Waals surface area contributed by atoms with Gasteiger partial charge >= 0.3 is 0 Å². The van der Waals surface area contributed by atoms with Gasteiger partial charge in [0.1, 0.15) is 6.29 Å². The molecule has 5 atom stereocenters. The molecule has 3 amide bonds. The van der Waals surface area contributed by atoms with Gasteiger partial charge < -0.3 is 24.6 Å². The van der Waals surface area contributed by atoms with Gasteiger partial charge in [0.05, 0.1) is 25.1 Å². The summed E-state index contributed by atoms with van der Waals surface area (Å²) in [5.41, 5.74) is 0. The minimum atomic E-state index is -0.452. The standard InChI is InChI=1S/C21H37N3O5/c1-6-16(3)21(23(4)20(28)12-22-14-26)18(29-5)11-19(27)24-9-7-8-17(24)10-15(2)13-25/h13-18,21H,6-12H2,1-5H3,(H,22,26). The normalized spacial score (nSPS) is 20.4. The number of rotatable bonds is 13. The van der Waals surface area contributed by atoms with Crippen LogP contribution in [0, 0.1) is 11.8 Å². The molecule has 1 fully saturated rings. The highest BCUT2D eigenvalue weighted by Gasteiger charge is 2.37. The van der Waals surface area contributed by atoms with Gasteiger partial charge in [-0.1, -0.05) is 27.2 Å². The fraction of sp³-hybridized carbons (Fsp3) is 0.810. The number of ether oxygens (including phenoxy) is 1. The van der Waals surface area contributed by atoms with E-state index in [1.165, 1.54) is 0 Å². The zero-order valence-electron chi connectivity index (χ0n) is 18.4. The third-order valence-corrected chi connectivity index (χ3v) is 6.04. The maximum atomic E-state index is 13.1. The summed E-state index contributed by atoms with van der Waals surface area (Å²) in [6, 6.07) is -0.205. The number of nitrogens with one attached hydrogen (secondary N) is 1. The van der Waals surface area contributed by atoms with Crippen molar-refractivity contribution in [1.29, 1.82) is 0 Å². The van der Waals surface area contributed by atoms with E-state index in [0.717, 1.165) is 25.5 Å². The molecular formula is C21H37N3O5. The van der Waals surface area contributed by atoms with E-state index in [2.05, 4.69) is 5.32 Å². The molecular weight excluding hydrogens is 374 g/mol. The number of likely N-dealkylation sites (tertiary alicyclic amines) is 1. The molecule has 0 spiro atoms. The predicted octanol–water partition coefficient (Wildman–Crippen LogP) is 1.23. The quantitative estimate of drug-likeness (QED) is 0.460. The molecule has 1 aliphatic heterocycles. The van der Waals surface area contributed by atoms with Crippen molar-refractivity contribution < 1.29 is 23.9 Å². The topological polar surface area (TPSA) is 96.0 Å². The first-order chi connectivity index (χ1) is 13.8. The summed E-state index contributed by atoms with van der Waals surface area (Å²) in [7, 11) is 3.25. The van der Waals surface area contributed by atoms with Gasteiger partial charge in [0.15, 0.2) is 0 Å². The van der Waals surface area contributed by atoms with Gasteiger partial charge in [0.25, 0.3) is 0 Å². The Morgan fingerprint density at radius 1 is 1.31 bits per heavy atom. The SMILES string of the molecule is CCC(C)C(C(CC(=O)N1CCCC1CC(C)C=O)OC)N(C)C(=O)CNC=O. The number of methoxy groups -OCH3 is 1. The molecule has 1 aliphatic rings. The van der Waals surface area contributed by atoms with Crippen molar-refractivity contribution >= 4 is 24.5 Å². The van der Waals surface area contributed by atoms with Crippen LogP contribution in [0.25, 0.3) is 0 Å². The fourth-order valence-electron chi connectivity index (χ4n) is 4.19. The summed E-state index contributed by atoms with van der Waals surface area (Å²) in [4.78, 5) is 50.5. The number of nitrogens with zero attached hydrogens (tertiary/aromatic N) is 2. The summed E-state index contributed by atoms with van der Waals surface area (Å²) >= 11 is 0. The van der Waals surface area contributed by atoms with E-state index >= 15 is 0 Å². The molecule has 0 saturated carbocycles. The van der Waals surface area contributed by atoms with E-state index in [1.54, 1.807) is 19.1 Å². The molecule has 0 aromatic rings. The maximum absolute atomic E-state index is 13.1. The van der Waals surface area contributed by atoms with Gasteiger partial charge in [-0.2, -0.15) is 0 Å². The zero-order chi connectivity index (χ0) is 22.0. The number of carbonyl (C=O) groups excluding carboxylic acids is 4. The third-order valence-electron chi connectivity index (χ3n) is 6.04. The lowest BCUT2D eigenvalue weighted by atomic mass is 9.90. The number of hydrogen-bond acceptors (Lipinski definition) is 5. The number of carbonyl (C=O) groups is 4. The average molecular weight is 412 g/mol. The van der Waals surface area contributed by atoms with Crippen molar-refractivity contribution in [2.45, 2.75) is 71.1 Å². The molecule has 0 radical (unpaired) electrons. The largest absolute Gasteiger partial charge is 0.379 e. The van der Waals surface area contributed by atoms with Gasteiger partial charge in [-0.05, 0) is 25.2 Å². The third kappa shape index (κ3) is 7.10. The molecule has 1 saturated heterocycles. The van der Waals surface area contributed by atoms with Crippen molar-refractivity contribution in [2.24, 2.45) is 11.8 Å². The van der Waals surface area contributed by atoms with Crippen molar-refractivity contribution in [3.8, 4) is 0 Å². The van der Waals surface area contributed by atoms with Crippen LogP contribution >= 0.6 is 0 Å². The molecule has 1 heterocycles. The van der Waals surface area contributed by atoms with E-state index in [0.29, 0.717) is 19.4 Å². The minimum Gasteiger partial charge on any atom is -0.379 e. The van der Waals surface area contributed by atoms with Gasteiger partial charge in [-0.15, -0.1) is 0 Å². The monoisotopic (exact) mass is 411 g/mol. The Kier molecular flexibility index (Phi) is 10.9. The molecule has 166 valence electrons.